The molecule has 0 bridgehead atoms. The highest BCUT2D eigenvalue weighted by Gasteiger charge is 2.72. The van der Waals surface area contributed by atoms with Gasteiger partial charge in [-0.3, -0.25) is 9.59 Å². The van der Waals surface area contributed by atoms with Gasteiger partial charge in [0.2, 0.25) is 5.78 Å². The molecule has 0 amide bonds. The van der Waals surface area contributed by atoms with Gasteiger partial charge in [0.05, 0.1) is 12.5 Å². The van der Waals surface area contributed by atoms with Crippen LogP contribution in [0.1, 0.15) is 13.3 Å². The van der Waals surface area contributed by atoms with Crippen molar-refractivity contribution in [2.75, 3.05) is 6.61 Å². The fourth-order valence-corrected chi connectivity index (χ4v) is 2.19. The van der Waals surface area contributed by atoms with Gasteiger partial charge in [-0.25, -0.2) is 0 Å². The molecule has 5 heteroatoms. The molecule has 78 valence electrons. The second-order valence-corrected chi connectivity index (χ2v) is 3.74. The average Bonchev–Trinajstić information content (AvgIpc) is 2.70. The Morgan fingerprint density at radius 3 is 2.71 bits per heavy atom. The third kappa shape index (κ3) is 1.14. The first kappa shape index (κ1) is 9.55. The number of ketones is 1. The first-order valence-electron chi connectivity index (χ1n) is 4.58. The van der Waals surface area contributed by atoms with Crippen LogP contribution in [0.5, 0.6) is 0 Å². The minimum Gasteiger partial charge on any atom is -0.466 e. The van der Waals surface area contributed by atoms with Gasteiger partial charge in [-0.2, -0.15) is 8.78 Å². The number of hydrogen-bond acceptors (Lipinski definition) is 3. The molecule has 2 aliphatic rings. The number of hydrogen-bond donors (Lipinski definition) is 0. The van der Waals surface area contributed by atoms with Crippen molar-refractivity contribution >= 4 is 11.8 Å². The van der Waals surface area contributed by atoms with Crippen LogP contribution < -0.4 is 0 Å². The van der Waals surface area contributed by atoms with Gasteiger partial charge in [-0.1, -0.05) is 0 Å². The van der Waals surface area contributed by atoms with Crippen molar-refractivity contribution in [3.8, 4) is 0 Å². The molecular weight excluding hydrogens is 194 g/mol. The number of carbonyl (C=O) groups is 2. The Kier molecular flexibility index (Phi) is 1.87. The topological polar surface area (TPSA) is 43.4 Å². The van der Waals surface area contributed by atoms with E-state index in [9.17, 15) is 18.4 Å². The summed E-state index contributed by atoms with van der Waals surface area (Å²) in [6.07, 6.45) is -0.486. The van der Waals surface area contributed by atoms with E-state index in [0.717, 1.165) is 0 Å². The van der Waals surface area contributed by atoms with Crippen LogP contribution in [0.25, 0.3) is 0 Å². The minimum atomic E-state index is -3.21. The molecule has 0 saturated heterocycles. The van der Waals surface area contributed by atoms with Crippen LogP contribution in [-0.2, 0) is 14.3 Å². The molecule has 0 radical (unpaired) electrons. The third-order valence-electron chi connectivity index (χ3n) is 2.88. The summed E-state index contributed by atoms with van der Waals surface area (Å²) in [5.74, 6) is -6.65. The van der Waals surface area contributed by atoms with Crippen LogP contribution in [0.15, 0.2) is 0 Å². The number of halogens is 2. The van der Waals surface area contributed by atoms with Crippen molar-refractivity contribution < 1.29 is 23.1 Å². The molecule has 0 aromatic rings. The Morgan fingerprint density at radius 1 is 1.64 bits per heavy atom. The van der Waals surface area contributed by atoms with Crippen LogP contribution in [-0.4, -0.2) is 24.3 Å². The van der Waals surface area contributed by atoms with E-state index >= 15 is 0 Å². The molecule has 2 aliphatic carbocycles. The average molecular weight is 204 g/mol. The maximum Gasteiger partial charge on any atom is 0.309 e. The number of fused-ring (bicyclic) bond motifs is 1. The summed E-state index contributed by atoms with van der Waals surface area (Å²) in [5, 5.41) is 0. The zero-order chi connectivity index (χ0) is 10.5. The molecule has 2 rings (SSSR count). The van der Waals surface area contributed by atoms with Gasteiger partial charge in [0.15, 0.2) is 0 Å². The predicted octanol–water partition coefficient (Wildman–Crippen LogP) is 1.02. The van der Waals surface area contributed by atoms with E-state index in [2.05, 4.69) is 4.74 Å². The van der Waals surface area contributed by atoms with Gasteiger partial charge in [0, 0.05) is 12.3 Å². The maximum absolute atomic E-state index is 12.7. The number of esters is 1. The van der Waals surface area contributed by atoms with Gasteiger partial charge in [-0.15, -0.1) is 0 Å². The first-order valence-corrected chi connectivity index (χ1v) is 4.58. The summed E-state index contributed by atoms with van der Waals surface area (Å²) >= 11 is 0. The van der Waals surface area contributed by atoms with Gasteiger partial charge >= 0.3 is 11.9 Å². The molecule has 0 aromatic carbocycles. The van der Waals surface area contributed by atoms with Gasteiger partial charge < -0.3 is 4.74 Å². The Balaban J connectivity index is 2.01. The summed E-state index contributed by atoms with van der Waals surface area (Å²) in [5.41, 5.74) is 0. The van der Waals surface area contributed by atoms with Crippen molar-refractivity contribution in [2.24, 2.45) is 17.8 Å². The van der Waals surface area contributed by atoms with Crippen LogP contribution in [0, 0.1) is 17.8 Å². The normalized spacial score (nSPS) is 37.9. The second kappa shape index (κ2) is 2.74. The molecule has 2 saturated carbocycles. The number of carbonyl (C=O) groups excluding carboxylic acids is 2. The van der Waals surface area contributed by atoms with Crippen molar-refractivity contribution in [3.63, 3.8) is 0 Å². The van der Waals surface area contributed by atoms with E-state index in [4.69, 9.17) is 0 Å². The largest absolute Gasteiger partial charge is 0.466 e. The van der Waals surface area contributed by atoms with Crippen molar-refractivity contribution in [1.29, 1.82) is 0 Å². The Hall–Kier alpha value is -1.00. The minimum absolute atomic E-state index is 0.222. The van der Waals surface area contributed by atoms with E-state index in [1.807, 2.05) is 0 Å². The Bertz CT molecular complexity index is 300. The SMILES string of the molecule is CCOC(=O)[C@H]1[C@@H]2CC(F)(F)C(=O)[C@@H]21. The summed E-state index contributed by atoms with van der Waals surface area (Å²) < 4.78 is 30.2. The number of ether oxygens (including phenoxy) is 1. The van der Waals surface area contributed by atoms with Crippen molar-refractivity contribution in [3.05, 3.63) is 0 Å². The molecule has 0 aliphatic heterocycles. The van der Waals surface area contributed by atoms with Crippen molar-refractivity contribution in [2.45, 2.75) is 19.3 Å². The highest BCUT2D eigenvalue weighted by molar-refractivity contribution is 5.99. The van der Waals surface area contributed by atoms with Gasteiger partial charge in [0.25, 0.3) is 0 Å². The maximum atomic E-state index is 12.7. The first-order chi connectivity index (χ1) is 6.49. The van der Waals surface area contributed by atoms with E-state index < -0.39 is 41.8 Å². The lowest BCUT2D eigenvalue weighted by Gasteiger charge is -2.10. The molecule has 3 atom stereocenters. The summed E-state index contributed by atoms with van der Waals surface area (Å²) in [6, 6.07) is 0. The molecule has 14 heavy (non-hydrogen) atoms. The molecule has 2 fully saturated rings. The number of rotatable bonds is 2. The number of Topliss-reactive ketones (excluding diaryl/α,β-unsaturated/α-hetero) is 1. The van der Waals surface area contributed by atoms with Crippen molar-refractivity contribution in [1.82, 2.24) is 0 Å². The third-order valence-corrected chi connectivity index (χ3v) is 2.88. The Morgan fingerprint density at radius 2 is 2.29 bits per heavy atom. The molecule has 0 unspecified atom stereocenters. The molecular formula is C9H10F2O3. The standard InChI is InChI=1S/C9H10F2O3/c1-2-14-8(13)6-4-3-9(10,11)7(12)5(4)6/h4-6H,2-3H2,1H3/t4-,5+,6+/m1/s1. The molecule has 0 aromatic heterocycles. The quantitative estimate of drug-likeness (QED) is 0.631. The number of alkyl halides is 2. The van der Waals surface area contributed by atoms with E-state index in [1.54, 1.807) is 6.92 Å². The Labute approximate surface area is 79.4 Å². The molecule has 0 spiro atoms. The molecule has 0 heterocycles. The molecule has 3 nitrogen and oxygen atoms in total. The predicted molar refractivity (Wildman–Crippen MR) is 41.7 cm³/mol. The zero-order valence-electron chi connectivity index (χ0n) is 7.63. The van der Waals surface area contributed by atoms with E-state index in [-0.39, 0.29) is 6.61 Å². The second-order valence-electron chi connectivity index (χ2n) is 3.74. The van der Waals surface area contributed by atoms with Crippen LogP contribution in [0.4, 0.5) is 8.78 Å². The lowest BCUT2D eigenvalue weighted by Crippen LogP contribution is -2.29. The van der Waals surface area contributed by atoms with E-state index in [0.29, 0.717) is 0 Å². The highest BCUT2D eigenvalue weighted by atomic mass is 19.3. The van der Waals surface area contributed by atoms with Crippen LogP contribution in [0.2, 0.25) is 0 Å². The van der Waals surface area contributed by atoms with Crippen LogP contribution >= 0.6 is 0 Å². The zero-order valence-corrected chi connectivity index (χ0v) is 7.63. The van der Waals surface area contributed by atoms with Gasteiger partial charge in [0.1, 0.15) is 0 Å². The van der Waals surface area contributed by atoms with Gasteiger partial charge in [-0.05, 0) is 12.8 Å². The molecule has 0 N–H and O–H groups in total. The monoisotopic (exact) mass is 204 g/mol. The summed E-state index contributed by atoms with van der Waals surface area (Å²) in [6.45, 7) is 1.87. The summed E-state index contributed by atoms with van der Waals surface area (Å²) in [4.78, 5) is 22.2. The van der Waals surface area contributed by atoms with Crippen LogP contribution in [0.3, 0.4) is 0 Å². The highest BCUT2D eigenvalue weighted by Crippen LogP contribution is 2.60. The lowest BCUT2D eigenvalue weighted by molar-refractivity contribution is -0.151. The fraction of sp³-hybridized carbons (Fsp3) is 0.778. The smallest absolute Gasteiger partial charge is 0.309 e. The lowest BCUT2D eigenvalue weighted by atomic mass is 10.1. The summed E-state index contributed by atoms with van der Waals surface area (Å²) in [7, 11) is 0. The van der Waals surface area contributed by atoms with E-state index in [1.165, 1.54) is 0 Å². The fourth-order valence-electron chi connectivity index (χ4n) is 2.19.